The number of carbonyl (C=O) groups is 1. The fraction of sp³-hybridized carbons (Fsp3) is 0.190. The zero-order valence-electron chi connectivity index (χ0n) is 14.7. The van der Waals surface area contributed by atoms with Crippen LogP contribution in [0.5, 0.6) is 0 Å². The fourth-order valence-corrected chi connectivity index (χ4v) is 4.80. The molecule has 0 N–H and O–H groups in total. The second-order valence-corrected chi connectivity index (χ2v) is 8.59. The zero-order valence-corrected chi connectivity index (χ0v) is 17.8. The Morgan fingerprint density at radius 1 is 1.19 bits per heavy atom. The first kappa shape index (κ1) is 18.5. The lowest BCUT2D eigenvalue weighted by Gasteiger charge is -2.05. The van der Waals surface area contributed by atoms with E-state index in [1.54, 1.807) is 11.3 Å². The number of rotatable bonds is 5. The van der Waals surface area contributed by atoms with Gasteiger partial charge in [0.25, 0.3) is 0 Å². The molecule has 0 unspecified atom stereocenters. The third kappa shape index (κ3) is 3.77. The van der Waals surface area contributed by atoms with Crippen LogP contribution in [0.1, 0.15) is 18.1 Å². The third-order valence-corrected chi connectivity index (χ3v) is 6.26. The highest BCUT2D eigenvalue weighted by Crippen LogP contribution is 2.31. The van der Waals surface area contributed by atoms with Gasteiger partial charge in [-0.15, -0.1) is 11.3 Å². The Labute approximate surface area is 174 Å². The molecule has 0 radical (unpaired) electrons. The minimum absolute atomic E-state index is 0.202. The van der Waals surface area contributed by atoms with Gasteiger partial charge in [0.1, 0.15) is 0 Å². The molecule has 0 saturated heterocycles. The third-order valence-electron chi connectivity index (χ3n) is 4.52. The summed E-state index contributed by atoms with van der Waals surface area (Å²) < 4.78 is 9.56. The van der Waals surface area contributed by atoms with Crippen LogP contribution < -0.4 is 0 Å². The van der Waals surface area contributed by atoms with Gasteiger partial charge in [0, 0.05) is 37.8 Å². The molecule has 0 aliphatic heterocycles. The zero-order chi connectivity index (χ0) is 19.0. The van der Waals surface area contributed by atoms with E-state index in [1.165, 1.54) is 15.6 Å². The number of carbonyl (C=O) groups excluding carboxylic acids is 1. The summed E-state index contributed by atoms with van der Waals surface area (Å²) in [7, 11) is 0. The van der Waals surface area contributed by atoms with Crippen LogP contribution in [-0.4, -0.2) is 17.1 Å². The first-order valence-electron chi connectivity index (χ1n) is 8.63. The molecule has 2 aromatic heterocycles. The predicted molar refractivity (Wildman–Crippen MR) is 116 cm³/mol. The van der Waals surface area contributed by atoms with Crippen molar-refractivity contribution in [1.82, 2.24) is 4.57 Å². The Bertz CT molecular complexity index is 1150. The van der Waals surface area contributed by atoms with Gasteiger partial charge in [-0.05, 0) is 59.1 Å². The maximum atomic E-state index is 12.0. The Hall–Kier alpha value is -1.82. The average Bonchev–Trinajstić information content (AvgIpc) is 3.17. The normalized spacial score (nSPS) is 11.4. The molecule has 0 spiro atoms. The molecule has 0 aliphatic carbocycles. The molecule has 27 heavy (non-hydrogen) atoms. The Morgan fingerprint density at radius 3 is 2.85 bits per heavy atom. The van der Waals surface area contributed by atoms with Crippen molar-refractivity contribution in [3.63, 3.8) is 0 Å². The van der Waals surface area contributed by atoms with Gasteiger partial charge < -0.3 is 9.30 Å². The van der Waals surface area contributed by atoms with Crippen molar-refractivity contribution in [2.45, 2.75) is 19.9 Å². The van der Waals surface area contributed by atoms with E-state index in [9.17, 15) is 4.79 Å². The molecule has 6 heteroatoms. The van der Waals surface area contributed by atoms with Gasteiger partial charge in [-0.2, -0.15) is 0 Å². The standard InChI is InChI=1S/C21H17BrClNO2S/c1-2-26-21(25)7-13-10-24(19-8-15(22)3-5-17(13)19)11-14-12-27-20-6-4-16(23)9-18(14)20/h3-6,8-10,12H,2,7,11H2,1H3. The molecule has 138 valence electrons. The first-order valence-corrected chi connectivity index (χ1v) is 10.7. The first-order chi connectivity index (χ1) is 13.0. The summed E-state index contributed by atoms with van der Waals surface area (Å²) in [6.07, 6.45) is 2.33. The molecule has 4 aromatic rings. The van der Waals surface area contributed by atoms with E-state index in [4.69, 9.17) is 16.3 Å². The van der Waals surface area contributed by atoms with Gasteiger partial charge >= 0.3 is 5.97 Å². The van der Waals surface area contributed by atoms with Crippen molar-refractivity contribution >= 4 is 65.8 Å². The molecule has 0 fully saturated rings. The Morgan fingerprint density at radius 2 is 2.04 bits per heavy atom. The number of benzene rings is 2. The van der Waals surface area contributed by atoms with Crippen molar-refractivity contribution in [1.29, 1.82) is 0 Å². The van der Waals surface area contributed by atoms with Gasteiger partial charge in [0.2, 0.25) is 0 Å². The number of ether oxygens (including phenoxy) is 1. The number of esters is 1. The van der Waals surface area contributed by atoms with Gasteiger partial charge in [-0.3, -0.25) is 4.79 Å². The number of thiophene rings is 1. The topological polar surface area (TPSA) is 31.2 Å². The summed E-state index contributed by atoms with van der Waals surface area (Å²) in [5.41, 5.74) is 3.29. The fourth-order valence-electron chi connectivity index (χ4n) is 3.34. The van der Waals surface area contributed by atoms with Crippen LogP contribution in [0.4, 0.5) is 0 Å². The van der Waals surface area contributed by atoms with E-state index in [1.807, 2.05) is 31.2 Å². The highest BCUT2D eigenvalue weighted by atomic mass is 79.9. The smallest absolute Gasteiger partial charge is 0.310 e. The molecule has 0 bridgehead atoms. The van der Waals surface area contributed by atoms with Crippen molar-refractivity contribution in [3.05, 3.63) is 68.6 Å². The van der Waals surface area contributed by atoms with Crippen molar-refractivity contribution in [2.75, 3.05) is 6.61 Å². The number of halogens is 2. The molecular weight excluding hydrogens is 446 g/mol. The number of fused-ring (bicyclic) bond motifs is 2. The molecule has 2 heterocycles. The summed E-state index contributed by atoms with van der Waals surface area (Å²) in [6.45, 7) is 2.94. The second kappa shape index (κ2) is 7.66. The molecule has 4 rings (SSSR count). The Balaban J connectivity index is 1.77. The van der Waals surface area contributed by atoms with Crippen LogP contribution in [0.15, 0.2) is 52.4 Å². The van der Waals surface area contributed by atoms with Crippen molar-refractivity contribution in [2.24, 2.45) is 0 Å². The number of hydrogen-bond acceptors (Lipinski definition) is 3. The second-order valence-electron chi connectivity index (χ2n) is 6.33. The summed E-state index contributed by atoms with van der Waals surface area (Å²) in [5, 5.41) is 5.17. The highest BCUT2D eigenvalue weighted by molar-refractivity contribution is 9.10. The van der Waals surface area contributed by atoms with Crippen LogP contribution >= 0.6 is 38.9 Å². The summed E-state index contributed by atoms with van der Waals surface area (Å²) >= 11 is 11.5. The molecule has 0 amide bonds. The molecule has 3 nitrogen and oxygen atoms in total. The van der Waals surface area contributed by atoms with E-state index < -0.39 is 0 Å². The highest BCUT2D eigenvalue weighted by Gasteiger charge is 2.14. The number of nitrogens with zero attached hydrogens (tertiary/aromatic N) is 1. The maximum absolute atomic E-state index is 12.0. The molecule has 0 atom stereocenters. The average molecular weight is 463 g/mol. The monoisotopic (exact) mass is 461 g/mol. The van der Waals surface area contributed by atoms with Gasteiger partial charge in [-0.25, -0.2) is 0 Å². The Kier molecular flexibility index (Phi) is 5.26. The van der Waals surface area contributed by atoms with Crippen molar-refractivity contribution < 1.29 is 9.53 Å². The predicted octanol–water partition coefficient (Wildman–Crippen LogP) is 6.43. The van der Waals surface area contributed by atoms with E-state index in [-0.39, 0.29) is 12.4 Å². The van der Waals surface area contributed by atoms with E-state index >= 15 is 0 Å². The molecule has 0 saturated carbocycles. The van der Waals surface area contributed by atoms with Gasteiger partial charge in [0.15, 0.2) is 0 Å². The van der Waals surface area contributed by atoms with E-state index in [0.29, 0.717) is 6.61 Å². The maximum Gasteiger partial charge on any atom is 0.310 e. The SMILES string of the molecule is CCOC(=O)Cc1cn(Cc2csc3ccc(Cl)cc23)c2cc(Br)ccc12. The van der Waals surface area contributed by atoms with Crippen molar-refractivity contribution in [3.8, 4) is 0 Å². The molecular formula is C21H17BrClNO2S. The lowest BCUT2D eigenvalue weighted by atomic mass is 10.1. The van der Waals surface area contributed by atoms with E-state index in [0.717, 1.165) is 32.5 Å². The quantitative estimate of drug-likeness (QED) is 0.320. The lowest BCUT2D eigenvalue weighted by Crippen LogP contribution is -2.07. The molecule has 2 aromatic carbocycles. The van der Waals surface area contributed by atoms with Gasteiger partial charge in [0.05, 0.1) is 13.0 Å². The van der Waals surface area contributed by atoms with Gasteiger partial charge in [-0.1, -0.05) is 33.6 Å². The van der Waals surface area contributed by atoms with Crippen LogP contribution in [0.3, 0.4) is 0 Å². The number of aromatic nitrogens is 1. The van der Waals surface area contributed by atoms with Crippen LogP contribution in [-0.2, 0) is 22.5 Å². The largest absolute Gasteiger partial charge is 0.466 e. The van der Waals surface area contributed by atoms with Crippen LogP contribution in [0.2, 0.25) is 5.02 Å². The minimum Gasteiger partial charge on any atom is -0.466 e. The van der Waals surface area contributed by atoms with Crippen LogP contribution in [0, 0.1) is 0 Å². The lowest BCUT2D eigenvalue weighted by molar-refractivity contribution is -0.142. The number of hydrogen-bond donors (Lipinski definition) is 0. The summed E-state index contributed by atoms with van der Waals surface area (Å²) in [6, 6.07) is 12.1. The molecule has 0 aliphatic rings. The summed E-state index contributed by atoms with van der Waals surface area (Å²) in [4.78, 5) is 12.0. The van der Waals surface area contributed by atoms with E-state index in [2.05, 4.69) is 44.2 Å². The minimum atomic E-state index is -0.202. The van der Waals surface area contributed by atoms with Crippen LogP contribution in [0.25, 0.3) is 21.0 Å². The summed E-state index contributed by atoms with van der Waals surface area (Å²) in [5.74, 6) is -0.202.